The molecule has 1 aliphatic carbocycles. The fraction of sp³-hybridized carbons (Fsp3) is 0.353. The second-order valence-electron chi connectivity index (χ2n) is 5.49. The number of rotatable bonds is 2. The summed E-state index contributed by atoms with van der Waals surface area (Å²) in [5, 5.41) is 0. The van der Waals surface area contributed by atoms with Gasteiger partial charge in [-0.05, 0) is 30.0 Å². The zero-order chi connectivity index (χ0) is 13.1. The summed E-state index contributed by atoms with van der Waals surface area (Å²) in [4.78, 5) is 4.25. The van der Waals surface area contributed by atoms with Crippen LogP contribution in [0.25, 0.3) is 0 Å². The molecule has 2 N–H and O–H groups in total. The summed E-state index contributed by atoms with van der Waals surface area (Å²) in [5.74, 6) is 0.395. The third-order valence-electron chi connectivity index (χ3n) is 4.36. The summed E-state index contributed by atoms with van der Waals surface area (Å²) in [6.45, 7) is 0. The van der Waals surface area contributed by atoms with E-state index in [0.29, 0.717) is 5.92 Å². The Balaban J connectivity index is 2.02. The Morgan fingerprint density at radius 1 is 1.05 bits per heavy atom. The molecule has 0 bridgehead atoms. The molecule has 2 unspecified atom stereocenters. The quantitative estimate of drug-likeness (QED) is 0.887. The van der Waals surface area contributed by atoms with Gasteiger partial charge in [0, 0.05) is 23.9 Å². The highest BCUT2D eigenvalue weighted by molar-refractivity contribution is 5.32. The van der Waals surface area contributed by atoms with Gasteiger partial charge in [0.2, 0.25) is 0 Å². The molecular weight excluding hydrogens is 232 g/mol. The van der Waals surface area contributed by atoms with E-state index in [9.17, 15) is 0 Å². The van der Waals surface area contributed by atoms with Gasteiger partial charge in [-0.2, -0.15) is 0 Å². The van der Waals surface area contributed by atoms with Gasteiger partial charge >= 0.3 is 0 Å². The zero-order valence-corrected chi connectivity index (χ0v) is 11.1. The standard InChI is InChI=1S/C17H20N2/c18-17(15-9-6-12-19-13-15)11-5-4-10-16(17)14-7-2-1-3-8-14/h1-3,6-9,12-13,16H,4-5,10-11,18H2. The minimum Gasteiger partial charge on any atom is -0.321 e. The van der Waals surface area contributed by atoms with E-state index in [2.05, 4.69) is 41.4 Å². The van der Waals surface area contributed by atoms with Crippen LogP contribution >= 0.6 is 0 Å². The Kier molecular flexibility index (Phi) is 3.34. The van der Waals surface area contributed by atoms with E-state index in [1.54, 1.807) is 0 Å². The Labute approximate surface area is 114 Å². The molecule has 0 spiro atoms. The number of nitrogens with two attached hydrogens (primary N) is 1. The third-order valence-corrected chi connectivity index (χ3v) is 4.36. The molecule has 0 aliphatic heterocycles. The highest BCUT2D eigenvalue weighted by atomic mass is 14.8. The second kappa shape index (κ2) is 5.14. The van der Waals surface area contributed by atoms with Gasteiger partial charge in [-0.25, -0.2) is 0 Å². The topological polar surface area (TPSA) is 38.9 Å². The Morgan fingerprint density at radius 3 is 2.63 bits per heavy atom. The number of aromatic nitrogens is 1. The summed E-state index contributed by atoms with van der Waals surface area (Å²) in [7, 11) is 0. The van der Waals surface area contributed by atoms with Gasteiger partial charge in [-0.1, -0.05) is 49.2 Å². The van der Waals surface area contributed by atoms with E-state index in [1.165, 1.54) is 24.0 Å². The summed E-state index contributed by atoms with van der Waals surface area (Å²) in [6.07, 6.45) is 8.41. The maximum atomic E-state index is 6.82. The maximum Gasteiger partial charge on any atom is 0.0494 e. The van der Waals surface area contributed by atoms with Crippen LogP contribution in [-0.2, 0) is 5.54 Å². The summed E-state index contributed by atoms with van der Waals surface area (Å²) in [5.41, 5.74) is 9.07. The van der Waals surface area contributed by atoms with Crippen LogP contribution in [0.3, 0.4) is 0 Å². The normalized spacial score (nSPS) is 27.1. The Hall–Kier alpha value is -1.67. The van der Waals surface area contributed by atoms with Gasteiger partial charge < -0.3 is 5.73 Å². The summed E-state index contributed by atoms with van der Waals surface area (Å²) in [6, 6.07) is 14.8. The molecule has 0 amide bonds. The van der Waals surface area contributed by atoms with Gasteiger partial charge in [-0.15, -0.1) is 0 Å². The molecule has 98 valence electrons. The van der Waals surface area contributed by atoms with Gasteiger partial charge in [0.15, 0.2) is 0 Å². The van der Waals surface area contributed by atoms with E-state index in [1.807, 2.05) is 18.5 Å². The van der Waals surface area contributed by atoms with E-state index < -0.39 is 0 Å². The van der Waals surface area contributed by atoms with Crippen LogP contribution in [0.5, 0.6) is 0 Å². The van der Waals surface area contributed by atoms with Crippen molar-refractivity contribution in [2.75, 3.05) is 0 Å². The van der Waals surface area contributed by atoms with Crippen molar-refractivity contribution >= 4 is 0 Å². The van der Waals surface area contributed by atoms with Crippen molar-refractivity contribution < 1.29 is 0 Å². The first-order chi connectivity index (χ1) is 9.31. The van der Waals surface area contributed by atoms with Crippen LogP contribution in [0, 0.1) is 0 Å². The highest BCUT2D eigenvalue weighted by Crippen LogP contribution is 2.45. The van der Waals surface area contributed by atoms with Crippen molar-refractivity contribution in [3.63, 3.8) is 0 Å². The maximum absolute atomic E-state index is 6.82. The molecule has 2 heteroatoms. The number of pyridine rings is 1. The SMILES string of the molecule is NC1(c2cccnc2)CCCCC1c1ccccc1. The van der Waals surface area contributed by atoms with Crippen molar-refractivity contribution in [2.45, 2.75) is 37.1 Å². The molecule has 1 aromatic carbocycles. The molecule has 1 heterocycles. The van der Waals surface area contributed by atoms with E-state index in [4.69, 9.17) is 5.73 Å². The van der Waals surface area contributed by atoms with Crippen molar-refractivity contribution in [1.29, 1.82) is 0 Å². The lowest BCUT2D eigenvalue weighted by atomic mass is 9.67. The first kappa shape index (κ1) is 12.4. The second-order valence-corrected chi connectivity index (χ2v) is 5.49. The van der Waals surface area contributed by atoms with Gasteiger partial charge in [0.1, 0.15) is 0 Å². The van der Waals surface area contributed by atoms with Crippen molar-refractivity contribution in [1.82, 2.24) is 4.98 Å². The fourth-order valence-electron chi connectivity index (χ4n) is 3.33. The molecule has 2 atom stereocenters. The average Bonchev–Trinajstić information content (AvgIpc) is 2.49. The molecule has 0 saturated heterocycles. The summed E-state index contributed by atoms with van der Waals surface area (Å²) < 4.78 is 0. The van der Waals surface area contributed by atoms with Gasteiger partial charge in [0.05, 0.1) is 0 Å². The molecule has 2 nitrogen and oxygen atoms in total. The zero-order valence-electron chi connectivity index (χ0n) is 11.1. The van der Waals surface area contributed by atoms with Crippen molar-refractivity contribution in [3.05, 3.63) is 66.0 Å². The largest absolute Gasteiger partial charge is 0.321 e. The Bertz CT molecular complexity index is 523. The number of nitrogens with zero attached hydrogens (tertiary/aromatic N) is 1. The van der Waals surface area contributed by atoms with Gasteiger partial charge in [-0.3, -0.25) is 4.98 Å². The molecule has 1 aliphatic rings. The van der Waals surface area contributed by atoms with Gasteiger partial charge in [0.25, 0.3) is 0 Å². The molecule has 2 aromatic rings. The molecule has 3 rings (SSSR count). The summed E-state index contributed by atoms with van der Waals surface area (Å²) >= 11 is 0. The van der Waals surface area contributed by atoms with Crippen LogP contribution < -0.4 is 5.73 Å². The molecular formula is C17H20N2. The average molecular weight is 252 g/mol. The van der Waals surface area contributed by atoms with E-state index >= 15 is 0 Å². The van der Waals surface area contributed by atoms with Crippen LogP contribution in [0.4, 0.5) is 0 Å². The fourth-order valence-corrected chi connectivity index (χ4v) is 3.33. The van der Waals surface area contributed by atoms with Crippen molar-refractivity contribution in [2.24, 2.45) is 5.73 Å². The van der Waals surface area contributed by atoms with Crippen LogP contribution in [0.2, 0.25) is 0 Å². The first-order valence-corrected chi connectivity index (χ1v) is 7.05. The lowest BCUT2D eigenvalue weighted by Gasteiger charge is -2.42. The lowest BCUT2D eigenvalue weighted by Crippen LogP contribution is -2.45. The molecule has 1 aromatic heterocycles. The third kappa shape index (κ3) is 2.28. The van der Waals surface area contributed by atoms with E-state index in [0.717, 1.165) is 12.8 Å². The minimum atomic E-state index is -0.270. The lowest BCUT2D eigenvalue weighted by molar-refractivity contribution is 0.254. The minimum absolute atomic E-state index is 0.270. The molecule has 19 heavy (non-hydrogen) atoms. The molecule has 0 radical (unpaired) electrons. The monoisotopic (exact) mass is 252 g/mol. The number of hydrogen-bond donors (Lipinski definition) is 1. The van der Waals surface area contributed by atoms with Crippen LogP contribution in [0.1, 0.15) is 42.7 Å². The predicted octanol–water partition coefficient (Wildman–Crippen LogP) is 3.59. The molecule has 1 saturated carbocycles. The van der Waals surface area contributed by atoms with Crippen LogP contribution in [0.15, 0.2) is 54.9 Å². The number of hydrogen-bond acceptors (Lipinski definition) is 2. The predicted molar refractivity (Wildman–Crippen MR) is 77.8 cm³/mol. The Morgan fingerprint density at radius 2 is 1.89 bits per heavy atom. The highest BCUT2D eigenvalue weighted by Gasteiger charge is 2.39. The smallest absolute Gasteiger partial charge is 0.0494 e. The van der Waals surface area contributed by atoms with Crippen molar-refractivity contribution in [3.8, 4) is 0 Å². The first-order valence-electron chi connectivity index (χ1n) is 7.05. The number of benzene rings is 1. The van der Waals surface area contributed by atoms with E-state index in [-0.39, 0.29) is 5.54 Å². The van der Waals surface area contributed by atoms with Crippen LogP contribution in [-0.4, -0.2) is 4.98 Å². The molecule has 1 fully saturated rings.